The van der Waals surface area contributed by atoms with Crippen LogP contribution in [0.3, 0.4) is 0 Å². The van der Waals surface area contributed by atoms with E-state index < -0.39 is 0 Å². The van der Waals surface area contributed by atoms with Gasteiger partial charge in [0, 0.05) is 19.7 Å². The third kappa shape index (κ3) is 7.34. The predicted molar refractivity (Wildman–Crippen MR) is 64.8 cm³/mol. The van der Waals surface area contributed by atoms with Crippen molar-refractivity contribution in [1.29, 1.82) is 0 Å². The summed E-state index contributed by atoms with van der Waals surface area (Å²) in [5, 5.41) is 3.31. The van der Waals surface area contributed by atoms with E-state index in [-0.39, 0.29) is 0 Å². The van der Waals surface area contributed by atoms with Crippen molar-refractivity contribution in [1.82, 2.24) is 5.32 Å². The van der Waals surface area contributed by atoms with E-state index >= 15 is 0 Å². The molecule has 0 aromatic carbocycles. The third-order valence-electron chi connectivity index (χ3n) is 1.98. The van der Waals surface area contributed by atoms with Crippen molar-refractivity contribution in [3.05, 3.63) is 0 Å². The van der Waals surface area contributed by atoms with E-state index in [4.69, 9.17) is 4.74 Å². The molecular weight excluding hydrogens is 174 g/mol. The molecule has 0 aliphatic carbocycles. The van der Waals surface area contributed by atoms with Crippen molar-refractivity contribution in [2.45, 2.75) is 54.1 Å². The maximum atomic E-state index is 5.60. The molecule has 0 aromatic rings. The molecule has 1 saturated heterocycles. The van der Waals surface area contributed by atoms with Crippen LogP contribution in [0.25, 0.3) is 0 Å². The quantitative estimate of drug-likeness (QED) is 0.761. The van der Waals surface area contributed by atoms with Gasteiger partial charge in [0.2, 0.25) is 0 Å². The Morgan fingerprint density at radius 1 is 1.14 bits per heavy atom. The van der Waals surface area contributed by atoms with Gasteiger partial charge >= 0.3 is 0 Å². The first-order valence-corrected chi connectivity index (χ1v) is 6.17. The van der Waals surface area contributed by atoms with E-state index in [0.717, 1.165) is 26.1 Å². The highest BCUT2D eigenvalue weighted by Gasteiger charge is 2.22. The van der Waals surface area contributed by atoms with Crippen LogP contribution >= 0.6 is 0 Å². The van der Waals surface area contributed by atoms with Crippen molar-refractivity contribution in [2.75, 3.05) is 19.7 Å². The molecule has 0 radical (unpaired) electrons. The molecule has 88 valence electrons. The van der Waals surface area contributed by atoms with E-state index in [1.165, 1.54) is 0 Å². The van der Waals surface area contributed by atoms with Crippen LogP contribution in [-0.4, -0.2) is 25.8 Å². The zero-order chi connectivity index (χ0) is 11.4. The molecule has 14 heavy (non-hydrogen) atoms. The molecule has 0 aromatic heterocycles. The summed E-state index contributed by atoms with van der Waals surface area (Å²) in [5.41, 5.74) is 0. The van der Waals surface area contributed by atoms with Crippen LogP contribution in [0.2, 0.25) is 0 Å². The normalized spacial score (nSPS) is 24.4. The Labute approximate surface area is 90.4 Å². The SMILES string of the molecule is CC.CC.CCCOC1CNCC1C. The molecule has 1 fully saturated rings. The smallest absolute Gasteiger partial charge is 0.0736 e. The van der Waals surface area contributed by atoms with Gasteiger partial charge in [-0.3, -0.25) is 0 Å². The van der Waals surface area contributed by atoms with Crippen LogP contribution in [0.5, 0.6) is 0 Å². The minimum Gasteiger partial charge on any atom is -0.377 e. The van der Waals surface area contributed by atoms with Crippen LogP contribution in [0.4, 0.5) is 0 Å². The number of nitrogens with one attached hydrogen (secondary N) is 1. The molecule has 1 aliphatic heterocycles. The lowest BCUT2D eigenvalue weighted by Gasteiger charge is -2.13. The second kappa shape index (κ2) is 12.9. The van der Waals surface area contributed by atoms with Gasteiger partial charge in [0.25, 0.3) is 0 Å². The highest BCUT2D eigenvalue weighted by molar-refractivity contribution is 4.78. The largest absolute Gasteiger partial charge is 0.377 e. The zero-order valence-electron chi connectivity index (χ0n) is 10.9. The average Bonchev–Trinajstić information content (AvgIpc) is 2.67. The number of rotatable bonds is 3. The highest BCUT2D eigenvalue weighted by Crippen LogP contribution is 2.11. The van der Waals surface area contributed by atoms with Crippen LogP contribution < -0.4 is 5.32 Å². The molecule has 1 N–H and O–H groups in total. The second-order valence-electron chi connectivity index (χ2n) is 3.04. The van der Waals surface area contributed by atoms with Gasteiger partial charge in [-0.2, -0.15) is 0 Å². The van der Waals surface area contributed by atoms with Gasteiger partial charge in [-0.25, -0.2) is 0 Å². The molecule has 0 amide bonds. The van der Waals surface area contributed by atoms with Gasteiger partial charge in [-0.1, -0.05) is 41.5 Å². The van der Waals surface area contributed by atoms with Crippen molar-refractivity contribution in [3.63, 3.8) is 0 Å². The van der Waals surface area contributed by atoms with Crippen LogP contribution in [0.15, 0.2) is 0 Å². The monoisotopic (exact) mass is 203 g/mol. The Bertz CT molecular complexity index is 96.3. The number of hydrogen-bond acceptors (Lipinski definition) is 2. The summed E-state index contributed by atoms with van der Waals surface area (Å²) in [4.78, 5) is 0. The van der Waals surface area contributed by atoms with Gasteiger partial charge in [-0.15, -0.1) is 0 Å². The van der Waals surface area contributed by atoms with Crippen molar-refractivity contribution in [3.8, 4) is 0 Å². The Kier molecular flexibility index (Phi) is 15.1. The van der Waals surface area contributed by atoms with Crippen LogP contribution in [-0.2, 0) is 4.74 Å². The number of ether oxygens (including phenoxy) is 1. The van der Waals surface area contributed by atoms with Gasteiger partial charge in [0.1, 0.15) is 0 Å². The molecule has 2 unspecified atom stereocenters. The predicted octanol–water partition coefficient (Wildman–Crippen LogP) is 3.07. The van der Waals surface area contributed by atoms with Gasteiger partial charge < -0.3 is 10.1 Å². The summed E-state index contributed by atoms with van der Waals surface area (Å²) in [7, 11) is 0. The lowest BCUT2D eigenvalue weighted by atomic mass is 10.1. The average molecular weight is 203 g/mol. The molecule has 2 heteroatoms. The Morgan fingerprint density at radius 2 is 1.71 bits per heavy atom. The fourth-order valence-electron chi connectivity index (χ4n) is 1.28. The van der Waals surface area contributed by atoms with Crippen LogP contribution in [0.1, 0.15) is 48.0 Å². The fourth-order valence-corrected chi connectivity index (χ4v) is 1.28. The Morgan fingerprint density at radius 3 is 2.07 bits per heavy atom. The first kappa shape index (κ1) is 16.4. The summed E-state index contributed by atoms with van der Waals surface area (Å²) in [5.74, 6) is 0.701. The minimum absolute atomic E-state index is 0.472. The molecular formula is C12H29NO. The molecule has 1 aliphatic rings. The summed E-state index contributed by atoms with van der Waals surface area (Å²) >= 11 is 0. The zero-order valence-corrected chi connectivity index (χ0v) is 10.9. The Balaban J connectivity index is 0. The maximum absolute atomic E-state index is 5.60. The van der Waals surface area contributed by atoms with Gasteiger partial charge in [-0.05, 0) is 12.3 Å². The first-order chi connectivity index (χ1) is 6.84. The second-order valence-corrected chi connectivity index (χ2v) is 3.04. The maximum Gasteiger partial charge on any atom is 0.0736 e. The van der Waals surface area contributed by atoms with E-state index in [9.17, 15) is 0 Å². The van der Waals surface area contributed by atoms with E-state index in [1.807, 2.05) is 27.7 Å². The molecule has 1 rings (SSSR count). The van der Waals surface area contributed by atoms with Crippen molar-refractivity contribution < 1.29 is 4.74 Å². The lowest BCUT2D eigenvalue weighted by Crippen LogP contribution is -2.21. The summed E-state index contributed by atoms with van der Waals surface area (Å²) in [6.07, 6.45) is 1.60. The molecule has 0 spiro atoms. The van der Waals surface area contributed by atoms with Crippen molar-refractivity contribution in [2.24, 2.45) is 5.92 Å². The molecule has 2 atom stereocenters. The van der Waals surface area contributed by atoms with E-state index in [1.54, 1.807) is 0 Å². The van der Waals surface area contributed by atoms with Crippen molar-refractivity contribution >= 4 is 0 Å². The molecule has 2 nitrogen and oxygen atoms in total. The summed E-state index contributed by atoms with van der Waals surface area (Å²) in [6.45, 7) is 15.5. The molecule has 1 heterocycles. The summed E-state index contributed by atoms with van der Waals surface area (Å²) < 4.78 is 5.60. The lowest BCUT2D eigenvalue weighted by molar-refractivity contribution is 0.0430. The topological polar surface area (TPSA) is 21.3 Å². The molecule has 0 saturated carbocycles. The molecule has 0 bridgehead atoms. The van der Waals surface area contributed by atoms with E-state index in [2.05, 4.69) is 19.2 Å². The first-order valence-electron chi connectivity index (χ1n) is 6.17. The van der Waals surface area contributed by atoms with E-state index in [0.29, 0.717) is 12.0 Å². The minimum atomic E-state index is 0.472. The van der Waals surface area contributed by atoms with Gasteiger partial charge in [0.05, 0.1) is 6.10 Å². The van der Waals surface area contributed by atoms with Crippen LogP contribution in [0, 0.1) is 5.92 Å². The van der Waals surface area contributed by atoms with Gasteiger partial charge in [0.15, 0.2) is 0 Å². The highest BCUT2D eigenvalue weighted by atomic mass is 16.5. The summed E-state index contributed by atoms with van der Waals surface area (Å²) in [6, 6.07) is 0. The third-order valence-corrected chi connectivity index (χ3v) is 1.98. The number of hydrogen-bond donors (Lipinski definition) is 1. The standard InChI is InChI=1S/C8H17NO.2C2H6/c1-3-4-10-8-6-9-5-7(8)2;2*1-2/h7-9H,3-6H2,1-2H3;2*1-2H3. The fraction of sp³-hybridized carbons (Fsp3) is 1.00. The Hall–Kier alpha value is -0.0800.